The van der Waals surface area contributed by atoms with E-state index in [-0.39, 0.29) is 27.8 Å². The first-order chi connectivity index (χ1) is 56.6. The molecule has 20 heteroatoms. The first kappa shape index (κ1) is 84.5. The Morgan fingerprint density at radius 1 is 0.367 bits per heavy atom. The van der Waals surface area contributed by atoms with Crippen molar-refractivity contribution in [3.05, 3.63) is 356 Å². The van der Waals surface area contributed by atoms with Crippen molar-refractivity contribution in [2.75, 3.05) is 0 Å². The lowest BCUT2D eigenvalue weighted by Crippen LogP contribution is -2.41. The molecule has 1 saturated heterocycles. The molecule has 0 radical (unpaired) electrons. The molecule has 120 heavy (non-hydrogen) atoms. The van der Waals surface area contributed by atoms with Crippen molar-refractivity contribution in [3.8, 4) is 148 Å². The minimum absolute atomic E-state index is 0. The summed E-state index contributed by atoms with van der Waals surface area (Å²) in [6.07, 6.45) is 0. The van der Waals surface area contributed by atoms with E-state index in [0.717, 1.165) is 88.6 Å². The van der Waals surface area contributed by atoms with Crippen molar-refractivity contribution in [1.82, 2.24) is 29.9 Å². The molecule has 0 bridgehead atoms. The quantitative estimate of drug-likeness (QED) is 0.0429. The smallest absolute Gasteiger partial charge is 0.399 e. The van der Waals surface area contributed by atoms with Crippen LogP contribution >= 0.6 is 0 Å². The van der Waals surface area contributed by atoms with E-state index in [1.165, 1.54) is 12.1 Å². The molecule has 2 aromatic heterocycles. The van der Waals surface area contributed by atoms with Gasteiger partial charge in [0.2, 0.25) is 0 Å². The van der Waals surface area contributed by atoms with Crippen LogP contribution in [0.2, 0.25) is 0 Å². The SMILES string of the molecule is C.C.C.N#Cc1cccc(-c2cc(C#N)cc(-c3ccc4ccccc4c3-c3ccc(-c4nc(-c5ccccc5)nc(-c5ccccc5)n4)cc3)c2)c1.O=S(=O)(Oc1ccc2ccccc2c1-c1ccc(-c2nc(-c3ccccc3)nc(-c3ccccc3)n2)cc1)C(F)(F)F.[C-]#[N+]c1cccc(-c2cc(C#N)cc(B3OC(C)(C)C(C)(C)O3)c2)c1. The van der Waals surface area contributed by atoms with E-state index in [1.807, 2.05) is 216 Å². The average molecular weight is 1600 g/mol. The summed E-state index contributed by atoms with van der Waals surface area (Å²) in [5.41, 5.74) is 9.71. The fourth-order valence-corrected chi connectivity index (χ4v) is 14.1. The van der Waals surface area contributed by atoms with Crippen molar-refractivity contribution >= 4 is 49.9 Å². The Morgan fingerprint density at radius 2 is 0.717 bits per heavy atom. The van der Waals surface area contributed by atoms with Gasteiger partial charge in [0.15, 0.2) is 46.4 Å². The monoisotopic (exact) mass is 1600 g/mol. The van der Waals surface area contributed by atoms with Gasteiger partial charge in [0.1, 0.15) is 0 Å². The number of halogens is 3. The number of fused-ring (bicyclic) bond motifs is 2. The Balaban J connectivity index is 0.000000171. The van der Waals surface area contributed by atoms with Crippen molar-refractivity contribution in [2.45, 2.75) is 66.7 Å². The van der Waals surface area contributed by atoms with E-state index in [0.29, 0.717) is 79.2 Å². The molecule has 0 unspecified atom stereocenters. The van der Waals surface area contributed by atoms with Gasteiger partial charge in [-0.05, 0) is 159 Å². The highest BCUT2D eigenvalue weighted by Crippen LogP contribution is 2.44. The summed E-state index contributed by atoms with van der Waals surface area (Å²) >= 11 is 0. The summed E-state index contributed by atoms with van der Waals surface area (Å²) in [5.74, 6) is 2.73. The molecule has 0 N–H and O–H groups in total. The first-order valence-corrected chi connectivity index (χ1v) is 38.5. The molecule has 0 aliphatic carbocycles. The number of alkyl halides is 3. The number of nitrogens with zero attached hydrogens (tertiary/aromatic N) is 10. The van der Waals surface area contributed by atoms with Crippen LogP contribution in [0.15, 0.2) is 328 Å². The van der Waals surface area contributed by atoms with Crippen LogP contribution in [-0.2, 0) is 19.4 Å². The predicted octanol–water partition coefficient (Wildman–Crippen LogP) is 24.7. The number of nitriles is 3. The van der Waals surface area contributed by atoms with Gasteiger partial charge in [-0.3, -0.25) is 0 Å². The molecule has 0 atom stereocenters. The van der Waals surface area contributed by atoms with Crippen molar-refractivity contribution < 1.29 is 35.1 Å². The van der Waals surface area contributed by atoms with Gasteiger partial charge in [-0.15, -0.1) is 0 Å². The molecule has 1 aliphatic heterocycles. The number of benzene rings is 14. The predicted molar refractivity (Wildman–Crippen MR) is 473 cm³/mol. The molecule has 0 amide bonds. The second-order valence-electron chi connectivity index (χ2n) is 28.4. The van der Waals surface area contributed by atoms with Gasteiger partial charge in [0.05, 0.1) is 52.7 Å². The highest BCUT2D eigenvalue weighted by molar-refractivity contribution is 7.88. The lowest BCUT2D eigenvalue weighted by molar-refractivity contribution is -0.0499. The van der Waals surface area contributed by atoms with Gasteiger partial charge in [-0.2, -0.15) is 37.4 Å². The van der Waals surface area contributed by atoms with Crippen LogP contribution in [0.5, 0.6) is 5.75 Å². The van der Waals surface area contributed by atoms with Crippen LogP contribution in [0.3, 0.4) is 0 Å². The fourth-order valence-electron chi connectivity index (χ4n) is 13.6. The number of hydrogen-bond acceptors (Lipinski definition) is 14. The molecule has 3 heterocycles. The van der Waals surface area contributed by atoms with E-state index < -0.39 is 39.7 Å². The van der Waals surface area contributed by atoms with E-state index in [4.69, 9.17) is 40.8 Å². The fraction of sp³-hybridized carbons (Fsp3) is 0.100. The first-order valence-electron chi connectivity index (χ1n) is 37.1. The van der Waals surface area contributed by atoms with E-state index in [9.17, 15) is 37.4 Å². The van der Waals surface area contributed by atoms with Gasteiger partial charge in [0, 0.05) is 38.9 Å². The zero-order valence-corrected chi connectivity index (χ0v) is 64.1. The summed E-state index contributed by atoms with van der Waals surface area (Å²) in [4.78, 5) is 32.2. The summed E-state index contributed by atoms with van der Waals surface area (Å²) in [7, 11) is -6.42. The molecule has 17 rings (SSSR count). The topological polar surface area (TPSA) is 215 Å². The molecule has 588 valence electrons. The van der Waals surface area contributed by atoms with Crippen molar-refractivity contribution in [3.63, 3.8) is 0 Å². The average Bonchev–Trinajstić information content (AvgIpc) is 1.46. The number of aromatic nitrogens is 6. The Morgan fingerprint density at radius 3 is 1.16 bits per heavy atom. The Labute approximate surface area is 696 Å². The number of hydrogen-bond donors (Lipinski definition) is 0. The van der Waals surface area contributed by atoms with E-state index >= 15 is 0 Å². The maximum atomic E-state index is 13.2. The highest BCUT2D eigenvalue weighted by atomic mass is 32.2. The minimum Gasteiger partial charge on any atom is -0.399 e. The summed E-state index contributed by atoms with van der Waals surface area (Å²) in [5, 5.41) is 32.4. The van der Waals surface area contributed by atoms with Crippen LogP contribution in [-0.4, -0.2) is 62.2 Å². The zero-order chi connectivity index (χ0) is 81.4. The maximum Gasteiger partial charge on any atom is 0.534 e. The zero-order valence-electron chi connectivity index (χ0n) is 63.3. The lowest BCUT2D eigenvalue weighted by Gasteiger charge is -2.32. The molecule has 0 spiro atoms. The molecule has 1 aliphatic rings. The number of rotatable bonds is 14. The molecule has 14 aromatic carbocycles. The summed E-state index contributed by atoms with van der Waals surface area (Å²) in [6, 6.07) is 109. The Kier molecular flexibility index (Phi) is 25.4. The highest BCUT2D eigenvalue weighted by Gasteiger charge is 2.52. The second kappa shape index (κ2) is 36.1. The van der Waals surface area contributed by atoms with Crippen LogP contribution in [0, 0.1) is 40.6 Å². The molecular weight excluding hydrogens is 1520 g/mol. The van der Waals surface area contributed by atoms with Crippen LogP contribution in [0.4, 0.5) is 18.9 Å². The van der Waals surface area contributed by atoms with E-state index in [1.54, 1.807) is 66.7 Å². The maximum absolute atomic E-state index is 13.2. The third-order valence-corrected chi connectivity index (χ3v) is 21.1. The second-order valence-corrected chi connectivity index (χ2v) is 29.9. The van der Waals surface area contributed by atoms with Crippen LogP contribution in [0.1, 0.15) is 66.7 Å². The van der Waals surface area contributed by atoms with Gasteiger partial charge in [-0.1, -0.05) is 295 Å². The molecular formula is C100H78BF3N10O5S. The van der Waals surface area contributed by atoms with Crippen LogP contribution < -0.4 is 9.65 Å². The van der Waals surface area contributed by atoms with Gasteiger partial charge in [0.25, 0.3) is 0 Å². The normalized spacial score (nSPS) is 12.3. The molecule has 15 nitrogen and oxygen atoms in total. The van der Waals surface area contributed by atoms with Crippen molar-refractivity contribution in [2.24, 2.45) is 0 Å². The standard InChI is InChI=1S/C45H27N5.C32H20F3N3O3S.C20H19BN2O2.3CH4/c46-28-30-10-9-16-37(24-30)38-25-31(29-47)26-39(27-38)41-23-22-32-11-7-8-17-40(32)42(41)33-18-20-36(21-19-33)45-49-43(34-12-3-1-4-13-34)48-44(50-45)35-14-5-2-6-15-35;33-32(34,35)42(39,40)41-27-20-19-21-9-7-8-14-26(21)28(27)22-15-17-25(18-16-22)31-37-29(23-10-3-1-4-11-23)36-30(38-31)24-12-5-2-6-13-24;1-19(2)20(3,4)25-21(24-19)17-10-14(13-22)9-16(11-17)15-7-6-8-18(12-15)23-5;;;/h1-27H;1-20H;6-12H,1-4H3;3*1H4. The molecule has 1 fully saturated rings. The third-order valence-electron chi connectivity index (χ3n) is 20.2. The molecule has 0 saturated carbocycles. The Bertz CT molecular complexity index is 6610. The van der Waals surface area contributed by atoms with Gasteiger partial charge < -0.3 is 13.5 Å². The van der Waals surface area contributed by atoms with Gasteiger partial charge >= 0.3 is 22.7 Å². The Hall–Kier alpha value is -14.9. The van der Waals surface area contributed by atoms with Crippen LogP contribution in [0.25, 0.3) is 150 Å². The lowest BCUT2D eigenvalue weighted by atomic mass is 9.77. The largest absolute Gasteiger partial charge is 0.534 e. The third kappa shape index (κ3) is 18.3. The molecule has 16 aromatic rings. The van der Waals surface area contributed by atoms with E-state index in [2.05, 4.69) is 92.9 Å². The minimum atomic E-state index is -5.89. The van der Waals surface area contributed by atoms with Crippen molar-refractivity contribution in [1.29, 1.82) is 15.8 Å². The van der Waals surface area contributed by atoms with Gasteiger partial charge in [-0.25, -0.2) is 34.7 Å². The summed E-state index contributed by atoms with van der Waals surface area (Å²) in [6.45, 7) is 15.2. The summed E-state index contributed by atoms with van der Waals surface area (Å²) < 4.78 is 80.2.